The number of carbonyl (C=O) groups is 3. The van der Waals surface area contributed by atoms with Crippen LogP contribution in [0.4, 0.5) is 17.1 Å². The van der Waals surface area contributed by atoms with Crippen LogP contribution < -0.4 is 4.90 Å². The maximum Gasteiger partial charge on any atom is 0.331 e. The van der Waals surface area contributed by atoms with Crippen LogP contribution in [-0.2, 0) is 19.3 Å². The first-order valence-electron chi connectivity index (χ1n) is 14.5. The van der Waals surface area contributed by atoms with Crippen molar-refractivity contribution >= 4 is 57.1 Å². The van der Waals surface area contributed by atoms with E-state index >= 15 is 0 Å². The molecule has 4 aromatic rings. The maximum atomic E-state index is 13.5. The molecule has 4 aromatic carbocycles. The van der Waals surface area contributed by atoms with E-state index in [9.17, 15) is 14.4 Å². The van der Waals surface area contributed by atoms with E-state index in [1.165, 1.54) is 13.8 Å². The summed E-state index contributed by atoms with van der Waals surface area (Å²) in [4.78, 5) is 50.0. The first kappa shape index (κ1) is 30.2. The number of para-hydroxylation sites is 1. The van der Waals surface area contributed by atoms with Gasteiger partial charge in [-0.05, 0) is 80.1 Å². The van der Waals surface area contributed by atoms with E-state index in [1.54, 1.807) is 13.8 Å². The van der Waals surface area contributed by atoms with Crippen LogP contribution in [0, 0.1) is 0 Å². The Kier molecular flexibility index (Phi) is 9.14. The van der Waals surface area contributed by atoms with Gasteiger partial charge in [0.25, 0.3) is 5.91 Å². The second-order valence-electron chi connectivity index (χ2n) is 10.6. The van der Waals surface area contributed by atoms with Crippen LogP contribution in [0.1, 0.15) is 62.0 Å². The number of carbonyl (C=O) groups excluding carboxylic acids is 3. The summed E-state index contributed by atoms with van der Waals surface area (Å²) in [7, 11) is 0. The van der Waals surface area contributed by atoms with Gasteiger partial charge in [-0.25, -0.2) is 9.59 Å². The summed E-state index contributed by atoms with van der Waals surface area (Å²) in [6, 6.07) is 27.4. The molecule has 0 bridgehead atoms. The molecule has 0 atom stereocenters. The standard InChI is InChI=1S/C35H34N4O5/c1-23(36-43-25(3)40)27-12-15-30(16-13-27)39(29-10-6-5-7-11-29)34-19-18-31(24(2)37-44-26(4)41)32-17-14-28(22-33(32)34)35(42)38-20-8-9-21-38/h5-7,10-19,22H,8-9,20-21H2,1-4H3/b36-23-,37-24+. The van der Waals surface area contributed by atoms with E-state index in [-0.39, 0.29) is 5.91 Å². The third-order valence-corrected chi connectivity index (χ3v) is 7.44. The fourth-order valence-corrected chi connectivity index (χ4v) is 5.30. The van der Waals surface area contributed by atoms with E-state index in [4.69, 9.17) is 9.68 Å². The fraction of sp³-hybridized carbons (Fsp3) is 0.229. The quantitative estimate of drug-likeness (QED) is 0.123. The molecule has 9 heteroatoms. The van der Waals surface area contributed by atoms with Crippen molar-refractivity contribution in [1.82, 2.24) is 4.90 Å². The van der Waals surface area contributed by atoms with E-state index < -0.39 is 11.9 Å². The summed E-state index contributed by atoms with van der Waals surface area (Å²) in [5.74, 6) is -0.984. The number of oxime groups is 2. The summed E-state index contributed by atoms with van der Waals surface area (Å²) >= 11 is 0. The molecule has 0 spiro atoms. The normalized spacial score (nSPS) is 13.6. The number of likely N-dealkylation sites (tertiary alicyclic amines) is 1. The van der Waals surface area contributed by atoms with Crippen LogP contribution >= 0.6 is 0 Å². The molecular formula is C35H34N4O5. The summed E-state index contributed by atoms with van der Waals surface area (Å²) < 4.78 is 0. The van der Waals surface area contributed by atoms with Gasteiger partial charge in [0.2, 0.25) is 0 Å². The van der Waals surface area contributed by atoms with Gasteiger partial charge in [-0.15, -0.1) is 0 Å². The van der Waals surface area contributed by atoms with Crippen molar-refractivity contribution in [2.45, 2.75) is 40.5 Å². The number of hydrogen-bond acceptors (Lipinski definition) is 8. The molecule has 224 valence electrons. The Morgan fingerprint density at radius 3 is 1.89 bits per heavy atom. The van der Waals surface area contributed by atoms with Crippen LogP contribution in [0.5, 0.6) is 0 Å². The van der Waals surface area contributed by atoms with Gasteiger partial charge in [0.05, 0.1) is 17.1 Å². The highest BCUT2D eigenvalue weighted by atomic mass is 16.7. The molecule has 1 saturated heterocycles. The molecule has 0 aliphatic carbocycles. The summed E-state index contributed by atoms with van der Waals surface area (Å²) in [5, 5.41) is 9.65. The molecule has 1 fully saturated rings. The second-order valence-corrected chi connectivity index (χ2v) is 10.6. The molecule has 0 unspecified atom stereocenters. The minimum atomic E-state index is -0.504. The van der Waals surface area contributed by atoms with Crippen molar-refractivity contribution in [2.24, 2.45) is 10.3 Å². The monoisotopic (exact) mass is 590 g/mol. The Morgan fingerprint density at radius 1 is 0.659 bits per heavy atom. The van der Waals surface area contributed by atoms with E-state index in [1.807, 2.05) is 89.8 Å². The molecule has 0 saturated carbocycles. The topological polar surface area (TPSA) is 101 Å². The molecule has 0 aromatic heterocycles. The second kappa shape index (κ2) is 13.3. The van der Waals surface area contributed by atoms with Crippen molar-refractivity contribution < 1.29 is 24.1 Å². The lowest BCUT2D eigenvalue weighted by Crippen LogP contribution is -2.27. The third kappa shape index (κ3) is 6.67. The SMILES string of the molecule is CC(=O)O/N=C(/C)c1ccc(N(c2ccccc2)c2ccc(/C(C)=N/OC(C)=O)c3ccc(C(=O)N4CCCC4)cc23)cc1. The number of anilines is 3. The lowest BCUT2D eigenvalue weighted by Gasteiger charge is -2.28. The predicted molar refractivity (Wildman–Crippen MR) is 172 cm³/mol. The summed E-state index contributed by atoms with van der Waals surface area (Å²) in [6.07, 6.45) is 2.01. The number of rotatable bonds is 8. The summed E-state index contributed by atoms with van der Waals surface area (Å²) in [5.41, 5.74) is 5.94. The van der Waals surface area contributed by atoms with Crippen LogP contribution in [-0.4, -0.2) is 47.3 Å². The Labute approximate surface area is 256 Å². The van der Waals surface area contributed by atoms with Gasteiger partial charge in [-0.2, -0.15) is 0 Å². The van der Waals surface area contributed by atoms with Crippen molar-refractivity contribution in [3.05, 3.63) is 102 Å². The Hall–Kier alpha value is -5.31. The molecular weight excluding hydrogens is 556 g/mol. The Bertz CT molecular complexity index is 1760. The molecule has 1 aliphatic heterocycles. The van der Waals surface area contributed by atoms with E-state index in [2.05, 4.69) is 15.2 Å². The molecule has 1 amide bonds. The fourth-order valence-electron chi connectivity index (χ4n) is 5.30. The van der Waals surface area contributed by atoms with Crippen molar-refractivity contribution in [3.8, 4) is 0 Å². The van der Waals surface area contributed by atoms with Gasteiger partial charge in [0, 0.05) is 54.8 Å². The van der Waals surface area contributed by atoms with Gasteiger partial charge in [0.1, 0.15) is 0 Å². The van der Waals surface area contributed by atoms with Crippen molar-refractivity contribution in [1.29, 1.82) is 0 Å². The zero-order valence-electron chi connectivity index (χ0n) is 25.2. The van der Waals surface area contributed by atoms with Crippen LogP contribution in [0.2, 0.25) is 0 Å². The molecule has 0 radical (unpaired) electrons. The molecule has 1 aliphatic rings. The number of hydrogen-bond donors (Lipinski definition) is 0. The maximum absolute atomic E-state index is 13.5. The number of amides is 1. The highest BCUT2D eigenvalue weighted by Crippen LogP contribution is 2.40. The van der Waals surface area contributed by atoms with Crippen LogP contribution in [0.3, 0.4) is 0 Å². The zero-order chi connectivity index (χ0) is 31.2. The number of nitrogens with zero attached hydrogens (tertiary/aromatic N) is 4. The molecule has 1 heterocycles. The van der Waals surface area contributed by atoms with E-state index in [0.717, 1.165) is 64.9 Å². The van der Waals surface area contributed by atoms with E-state index in [0.29, 0.717) is 17.0 Å². The summed E-state index contributed by atoms with van der Waals surface area (Å²) in [6.45, 7) is 7.68. The first-order valence-corrected chi connectivity index (χ1v) is 14.5. The zero-order valence-corrected chi connectivity index (χ0v) is 25.2. The Balaban J connectivity index is 1.68. The van der Waals surface area contributed by atoms with Gasteiger partial charge in [0.15, 0.2) is 0 Å². The third-order valence-electron chi connectivity index (χ3n) is 7.44. The highest BCUT2D eigenvalue weighted by Gasteiger charge is 2.23. The molecule has 5 rings (SSSR count). The minimum absolute atomic E-state index is 0.00390. The van der Waals surface area contributed by atoms with Crippen molar-refractivity contribution in [3.63, 3.8) is 0 Å². The number of fused-ring (bicyclic) bond motifs is 1. The predicted octanol–water partition coefficient (Wildman–Crippen LogP) is 7.12. The van der Waals surface area contributed by atoms with Gasteiger partial charge >= 0.3 is 11.9 Å². The minimum Gasteiger partial charge on any atom is -0.339 e. The molecule has 9 nitrogen and oxygen atoms in total. The highest BCUT2D eigenvalue weighted by molar-refractivity contribution is 6.15. The van der Waals surface area contributed by atoms with Gasteiger partial charge in [-0.3, -0.25) is 4.79 Å². The van der Waals surface area contributed by atoms with Crippen molar-refractivity contribution in [2.75, 3.05) is 18.0 Å². The molecule has 0 N–H and O–H groups in total. The average molecular weight is 591 g/mol. The average Bonchev–Trinajstić information content (AvgIpc) is 3.58. The Morgan fingerprint density at radius 2 is 1.25 bits per heavy atom. The largest absolute Gasteiger partial charge is 0.339 e. The van der Waals surface area contributed by atoms with Crippen LogP contribution in [0.15, 0.2) is 95.2 Å². The molecule has 44 heavy (non-hydrogen) atoms. The van der Waals surface area contributed by atoms with Gasteiger partial charge in [-0.1, -0.05) is 52.8 Å². The lowest BCUT2D eigenvalue weighted by atomic mass is 9.96. The van der Waals surface area contributed by atoms with Crippen LogP contribution in [0.25, 0.3) is 10.8 Å². The smallest absolute Gasteiger partial charge is 0.331 e. The lowest BCUT2D eigenvalue weighted by molar-refractivity contribution is -0.141. The first-order chi connectivity index (χ1) is 21.2. The van der Waals surface area contributed by atoms with Gasteiger partial charge < -0.3 is 19.5 Å². The number of benzene rings is 4.